The number of aromatic nitrogens is 5. The minimum atomic E-state index is 0. The van der Waals surface area contributed by atoms with Crippen LogP contribution in [0.25, 0.3) is 11.0 Å². The minimum absolute atomic E-state index is 0. The molecule has 25 heavy (non-hydrogen) atoms. The number of rotatable bonds is 3. The predicted molar refractivity (Wildman–Crippen MR) is 99.7 cm³/mol. The van der Waals surface area contributed by atoms with E-state index in [0.29, 0.717) is 0 Å². The first-order chi connectivity index (χ1) is 11.6. The maximum Gasteiger partial charge on any atom is 0.157 e. The Bertz CT molecular complexity index is 869. The highest BCUT2D eigenvalue weighted by atomic mass is 35.5. The summed E-state index contributed by atoms with van der Waals surface area (Å²) in [7, 11) is 4.00. The van der Waals surface area contributed by atoms with E-state index in [0.717, 1.165) is 48.7 Å². The molecule has 3 aromatic heterocycles. The smallest absolute Gasteiger partial charge is 0.157 e. The van der Waals surface area contributed by atoms with Gasteiger partial charge in [0.15, 0.2) is 5.65 Å². The molecule has 0 bridgehead atoms. The second kappa shape index (κ2) is 7.11. The average Bonchev–Trinajstić information content (AvgIpc) is 3.12. The highest BCUT2D eigenvalue weighted by Crippen LogP contribution is 2.24. The van der Waals surface area contributed by atoms with Crippen LogP contribution in [0, 0.1) is 6.92 Å². The van der Waals surface area contributed by atoms with E-state index in [-0.39, 0.29) is 18.4 Å². The first kappa shape index (κ1) is 17.8. The van der Waals surface area contributed by atoms with Crippen LogP contribution >= 0.6 is 12.4 Å². The van der Waals surface area contributed by atoms with Crippen molar-refractivity contribution in [3.63, 3.8) is 0 Å². The van der Waals surface area contributed by atoms with Gasteiger partial charge in [0.05, 0.1) is 11.7 Å². The zero-order valence-electron chi connectivity index (χ0n) is 14.8. The van der Waals surface area contributed by atoms with E-state index >= 15 is 0 Å². The van der Waals surface area contributed by atoms with Crippen molar-refractivity contribution >= 4 is 23.4 Å². The molecular formula is C17H24ClN7. The number of piperazine rings is 1. The maximum atomic E-state index is 4.61. The Morgan fingerprint density at radius 1 is 1.28 bits per heavy atom. The molecule has 1 N–H and O–H groups in total. The molecule has 3 aromatic rings. The van der Waals surface area contributed by atoms with Gasteiger partial charge in [-0.1, -0.05) is 0 Å². The fourth-order valence-electron chi connectivity index (χ4n) is 3.56. The van der Waals surface area contributed by atoms with Crippen LogP contribution in [0.5, 0.6) is 0 Å². The van der Waals surface area contributed by atoms with E-state index in [4.69, 9.17) is 0 Å². The number of hydrogen-bond acceptors (Lipinski definition) is 5. The lowest BCUT2D eigenvalue weighted by atomic mass is 10.1. The lowest BCUT2D eigenvalue weighted by Gasteiger charge is -2.35. The number of imidazole rings is 1. The summed E-state index contributed by atoms with van der Waals surface area (Å²) >= 11 is 0. The Balaban J connectivity index is 0.00000182. The van der Waals surface area contributed by atoms with Crippen LogP contribution in [0.15, 0.2) is 24.7 Å². The third kappa shape index (κ3) is 3.27. The van der Waals surface area contributed by atoms with Gasteiger partial charge in [-0.05, 0) is 18.6 Å². The van der Waals surface area contributed by atoms with Gasteiger partial charge in [-0.2, -0.15) is 5.10 Å². The first-order valence-corrected chi connectivity index (χ1v) is 8.33. The molecule has 0 aromatic carbocycles. The number of nitrogens with zero attached hydrogens (tertiary/aromatic N) is 6. The van der Waals surface area contributed by atoms with Crippen molar-refractivity contribution in [1.29, 1.82) is 0 Å². The number of halogens is 1. The summed E-state index contributed by atoms with van der Waals surface area (Å²) < 4.78 is 3.95. The Hall–Kier alpha value is -1.96. The maximum absolute atomic E-state index is 4.61. The summed E-state index contributed by atoms with van der Waals surface area (Å²) in [6, 6.07) is 2.51. The van der Waals surface area contributed by atoms with Crippen molar-refractivity contribution in [3.05, 3.63) is 41.7 Å². The van der Waals surface area contributed by atoms with Crippen molar-refractivity contribution in [3.8, 4) is 0 Å². The highest BCUT2D eigenvalue weighted by molar-refractivity contribution is 5.85. The summed E-state index contributed by atoms with van der Waals surface area (Å²) in [4.78, 5) is 11.6. The average molecular weight is 362 g/mol. The van der Waals surface area contributed by atoms with Crippen molar-refractivity contribution in [2.75, 3.05) is 19.6 Å². The van der Waals surface area contributed by atoms with Gasteiger partial charge in [0.2, 0.25) is 0 Å². The molecule has 1 aliphatic heterocycles. The normalized spacial score (nSPS) is 18.4. The first-order valence-electron chi connectivity index (χ1n) is 8.33. The molecule has 0 saturated carbocycles. The molecule has 0 radical (unpaired) electrons. The summed E-state index contributed by atoms with van der Waals surface area (Å²) in [6.45, 7) is 5.84. The van der Waals surface area contributed by atoms with Gasteiger partial charge < -0.3 is 9.88 Å². The molecule has 1 atom stereocenters. The van der Waals surface area contributed by atoms with Gasteiger partial charge in [0, 0.05) is 64.3 Å². The topological polar surface area (TPSA) is 63.8 Å². The fraction of sp³-hybridized carbons (Fsp3) is 0.471. The monoisotopic (exact) mass is 361 g/mol. The summed E-state index contributed by atoms with van der Waals surface area (Å²) in [5.41, 5.74) is 3.19. The summed E-state index contributed by atoms with van der Waals surface area (Å²) in [5, 5.41) is 9.08. The van der Waals surface area contributed by atoms with Gasteiger partial charge in [0.1, 0.15) is 5.82 Å². The molecule has 1 unspecified atom stereocenters. The van der Waals surface area contributed by atoms with Crippen molar-refractivity contribution in [2.24, 2.45) is 14.1 Å². The highest BCUT2D eigenvalue weighted by Gasteiger charge is 2.26. The Morgan fingerprint density at radius 3 is 2.88 bits per heavy atom. The van der Waals surface area contributed by atoms with Crippen molar-refractivity contribution in [1.82, 2.24) is 34.5 Å². The number of pyridine rings is 1. The molecule has 8 heteroatoms. The van der Waals surface area contributed by atoms with Gasteiger partial charge in [0.25, 0.3) is 0 Å². The van der Waals surface area contributed by atoms with Crippen LogP contribution in [0.3, 0.4) is 0 Å². The molecule has 1 aliphatic rings. The Kier molecular flexibility index (Phi) is 5.08. The third-order valence-corrected chi connectivity index (χ3v) is 4.82. The lowest BCUT2D eigenvalue weighted by molar-refractivity contribution is 0.144. The molecule has 0 aliphatic carbocycles. The molecule has 1 saturated heterocycles. The van der Waals surface area contributed by atoms with Gasteiger partial charge in [-0.3, -0.25) is 9.58 Å². The van der Waals surface area contributed by atoms with E-state index in [1.54, 1.807) is 0 Å². The molecule has 1 fully saturated rings. The number of hydrogen-bond donors (Lipinski definition) is 1. The second-order valence-electron chi connectivity index (χ2n) is 6.51. The van der Waals surface area contributed by atoms with Crippen molar-refractivity contribution in [2.45, 2.75) is 19.5 Å². The zero-order chi connectivity index (χ0) is 16.7. The Morgan fingerprint density at radius 2 is 2.12 bits per heavy atom. The van der Waals surface area contributed by atoms with E-state index < -0.39 is 0 Å². The minimum Gasteiger partial charge on any atom is -0.337 e. The number of nitrogens with one attached hydrogen (secondary N) is 1. The molecule has 0 spiro atoms. The lowest BCUT2D eigenvalue weighted by Crippen LogP contribution is -2.46. The molecule has 134 valence electrons. The van der Waals surface area contributed by atoms with Gasteiger partial charge >= 0.3 is 0 Å². The van der Waals surface area contributed by atoms with Crippen LogP contribution < -0.4 is 5.32 Å². The van der Waals surface area contributed by atoms with Gasteiger partial charge in [-0.25, -0.2) is 9.97 Å². The fourth-order valence-corrected chi connectivity index (χ4v) is 3.56. The Labute approximate surface area is 153 Å². The molecule has 4 rings (SSSR count). The van der Waals surface area contributed by atoms with Crippen LogP contribution in [0.4, 0.5) is 0 Å². The number of fused-ring (bicyclic) bond motifs is 1. The third-order valence-electron chi connectivity index (χ3n) is 4.82. The second-order valence-corrected chi connectivity index (χ2v) is 6.51. The molecule has 4 heterocycles. The summed E-state index contributed by atoms with van der Waals surface area (Å²) in [5.74, 6) is 1.11. The van der Waals surface area contributed by atoms with Crippen molar-refractivity contribution < 1.29 is 0 Å². The molecular weight excluding hydrogens is 338 g/mol. The van der Waals surface area contributed by atoms with Crippen LogP contribution in [-0.4, -0.2) is 48.8 Å². The summed E-state index contributed by atoms with van der Waals surface area (Å²) in [6.07, 6.45) is 5.85. The van der Waals surface area contributed by atoms with Crippen LogP contribution in [0.1, 0.15) is 23.1 Å². The van der Waals surface area contributed by atoms with Crippen LogP contribution in [0.2, 0.25) is 0 Å². The van der Waals surface area contributed by atoms with E-state index in [1.807, 2.05) is 37.2 Å². The quantitative estimate of drug-likeness (QED) is 0.767. The predicted octanol–water partition coefficient (Wildman–Crippen LogP) is 1.58. The van der Waals surface area contributed by atoms with E-state index in [1.165, 1.54) is 5.56 Å². The SMILES string of the molecule is Cc1nn(C)c2ncc(CN3CCNCC3c3nccn3C)cc12.Cl. The largest absolute Gasteiger partial charge is 0.337 e. The number of aryl methyl sites for hydroxylation is 3. The van der Waals surface area contributed by atoms with Crippen LogP contribution in [-0.2, 0) is 20.6 Å². The molecule has 7 nitrogen and oxygen atoms in total. The van der Waals surface area contributed by atoms with Gasteiger partial charge in [-0.15, -0.1) is 12.4 Å². The standard InChI is InChI=1S/C17H23N7.ClH/c1-12-14-8-13(9-20-16(14)23(3)21-12)11-24-7-4-18-10-15(24)17-19-5-6-22(17)2;/h5-6,8-9,15,18H,4,7,10-11H2,1-3H3;1H. The van der Waals surface area contributed by atoms with E-state index in [9.17, 15) is 0 Å². The van der Waals surface area contributed by atoms with E-state index in [2.05, 4.69) is 43.0 Å². The molecule has 0 amide bonds. The zero-order valence-corrected chi connectivity index (χ0v) is 15.6.